The molecule has 0 saturated carbocycles. The Morgan fingerprint density at radius 1 is 1.33 bits per heavy atom. The first-order valence-corrected chi connectivity index (χ1v) is 4.60. The van der Waals surface area contributed by atoms with Crippen LogP contribution in [0.5, 0.6) is 0 Å². The van der Waals surface area contributed by atoms with Crippen LogP contribution < -0.4 is 0 Å². The number of alkyl halides is 3. The van der Waals surface area contributed by atoms with Gasteiger partial charge in [0.25, 0.3) is 0 Å². The lowest BCUT2D eigenvalue weighted by atomic mass is 10.1. The van der Waals surface area contributed by atoms with Gasteiger partial charge in [-0.05, 0) is 35.0 Å². The fourth-order valence-electron chi connectivity index (χ4n) is 1.04. The van der Waals surface area contributed by atoms with Gasteiger partial charge < -0.3 is 0 Å². The van der Waals surface area contributed by atoms with Crippen molar-refractivity contribution >= 4 is 21.7 Å². The highest BCUT2D eigenvalue weighted by Gasteiger charge is 2.34. The molecule has 0 atom stereocenters. The normalized spacial score (nSPS) is 11.6. The molecule has 0 aliphatic rings. The maximum atomic E-state index is 13.3. The average molecular weight is 285 g/mol. The van der Waals surface area contributed by atoms with Gasteiger partial charge in [0.05, 0.1) is 15.6 Å². The third-order valence-corrected chi connectivity index (χ3v) is 2.54. The molecule has 0 amide bonds. The second kappa shape index (κ2) is 3.92. The highest BCUT2D eigenvalue weighted by molar-refractivity contribution is 9.10. The lowest BCUT2D eigenvalue weighted by Crippen LogP contribution is -2.09. The molecule has 0 aromatic heterocycles. The monoisotopic (exact) mass is 284 g/mol. The summed E-state index contributed by atoms with van der Waals surface area (Å²) in [5, 5.41) is 0. The molecular formula is C9H5BrF4O. The van der Waals surface area contributed by atoms with E-state index in [4.69, 9.17) is 0 Å². The Balaban J connectivity index is 3.41. The topological polar surface area (TPSA) is 17.1 Å². The molecule has 0 aliphatic carbocycles. The summed E-state index contributed by atoms with van der Waals surface area (Å²) in [5.41, 5.74) is -1.50. The molecule has 0 bridgehead atoms. The summed E-state index contributed by atoms with van der Waals surface area (Å²) in [5.74, 6) is -1.81. The summed E-state index contributed by atoms with van der Waals surface area (Å²) in [6.45, 7) is 1.08. The highest BCUT2D eigenvalue weighted by Crippen LogP contribution is 2.36. The molecule has 0 radical (unpaired) electrons. The summed E-state index contributed by atoms with van der Waals surface area (Å²) >= 11 is 2.49. The van der Waals surface area contributed by atoms with Crippen LogP contribution in [0.25, 0.3) is 0 Å². The molecule has 0 heterocycles. The van der Waals surface area contributed by atoms with Gasteiger partial charge in [0, 0.05) is 0 Å². The molecule has 15 heavy (non-hydrogen) atoms. The van der Waals surface area contributed by atoms with E-state index in [1.807, 2.05) is 0 Å². The number of hydrogen-bond donors (Lipinski definition) is 0. The molecule has 0 fully saturated rings. The Bertz CT molecular complexity index is 411. The van der Waals surface area contributed by atoms with Crippen LogP contribution >= 0.6 is 15.9 Å². The van der Waals surface area contributed by atoms with E-state index in [0.717, 1.165) is 13.0 Å². The van der Waals surface area contributed by atoms with Gasteiger partial charge in [0.1, 0.15) is 5.82 Å². The number of benzene rings is 1. The molecule has 0 aliphatic heterocycles. The molecule has 1 aromatic carbocycles. The van der Waals surface area contributed by atoms with Gasteiger partial charge >= 0.3 is 6.18 Å². The van der Waals surface area contributed by atoms with E-state index in [9.17, 15) is 22.4 Å². The second-order valence-corrected chi connectivity index (χ2v) is 3.64. The van der Waals surface area contributed by atoms with Crippen LogP contribution in [0, 0.1) is 5.82 Å². The number of carbonyl (C=O) groups excluding carboxylic acids is 1. The smallest absolute Gasteiger partial charge is 0.294 e. The Morgan fingerprint density at radius 2 is 1.87 bits per heavy atom. The van der Waals surface area contributed by atoms with Crippen molar-refractivity contribution in [1.82, 2.24) is 0 Å². The van der Waals surface area contributed by atoms with Crippen LogP contribution in [0.3, 0.4) is 0 Å². The maximum Gasteiger partial charge on any atom is 0.417 e. The van der Waals surface area contributed by atoms with Crippen molar-refractivity contribution in [2.24, 2.45) is 0 Å². The molecule has 0 unspecified atom stereocenters. The number of hydrogen-bond acceptors (Lipinski definition) is 1. The summed E-state index contributed by atoms with van der Waals surface area (Å²) in [4.78, 5) is 10.8. The van der Waals surface area contributed by atoms with Crippen LogP contribution in [0.15, 0.2) is 16.6 Å². The van der Waals surface area contributed by atoms with Crippen molar-refractivity contribution in [3.8, 4) is 0 Å². The first kappa shape index (κ1) is 12.2. The van der Waals surface area contributed by atoms with Crippen LogP contribution in [0.1, 0.15) is 22.8 Å². The quantitative estimate of drug-likeness (QED) is 0.566. The molecule has 1 nitrogen and oxygen atoms in total. The molecule has 0 spiro atoms. The maximum absolute atomic E-state index is 13.3. The Labute approximate surface area is 91.2 Å². The number of carbonyl (C=O) groups is 1. The van der Waals surface area contributed by atoms with Gasteiger partial charge in [-0.3, -0.25) is 4.79 Å². The zero-order valence-electron chi connectivity index (χ0n) is 7.45. The van der Waals surface area contributed by atoms with E-state index in [2.05, 4.69) is 15.9 Å². The summed E-state index contributed by atoms with van der Waals surface area (Å²) in [7, 11) is 0. The zero-order valence-corrected chi connectivity index (χ0v) is 9.04. The van der Waals surface area contributed by atoms with E-state index < -0.39 is 27.8 Å². The van der Waals surface area contributed by atoms with Gasteiger partial charge in [0.15, 0.2) is 5.78 Å². The van der Waals surface area contributed by atoms with Crippen LogP contribution in [0.4, 0.5) is 17.6 Å². The van der Waals surface area contributed by atoms with E-state index >= 15 is 0 Å². The van der Waals surface area contributed by atoms with Crippen molar-refractivity contribution in [3.63, 3.8) is 0 Å². The van der Waals surface area contributed by atoms with Gasteiger partial charge in [-0.25, -0.2) is 4.39 Å². The first-order valence-electron chi connectivity index (χ1n) is 3.81. The summed E-state index contributed by atoms with van der Waals surface area (Å²) in [6, 6.07) is 1.50. The third kappa shape index (κ3) is 2.37. The van der Waals surface area contributed by atoms with Crippen molar-refractivity contribution in [1.29, 1.82) is 0 Å². The Kier molecular flexibility index (Phi) is 3.18. The minimum Gasteiger partial charge on any atom is -0.294 e. The SMILES string of the molecule is CC(=O)c1ccc(C(F)(F)F)c(Br)c1F. The van der Waals surface area contributed by atoms with Gasteiger partial charge in [-0.15, -0.1) is 0 Å². The fraction of sp³-hybridized carbons (Fsp3) is 0.222. The van der Waals surface area contributed by atoms with Crippen LogP contribution in [-0.4, -0.2) is 5.78 Å². The number of ketones is 1. The third-order valence-electron chi connectivity index (χ3n) is 1.77. The first-order chi connectivity index (χ1) is 6.75. The van der Waals surface area contributed by atoms with Gasteiger partial charge in [0.2, 0.25) is 0 Å². The number of Topliss-reactive ketones (excluding diaryl/α,β-unsaturated/α-hetero) is 1. The fourth-order valence-corrected chi connectivity index (χ4v) is 1.61. The largest absolute Gasteiger partial charge is 0.417 e. The zero-order chi connectivity index (χ0) is 11.8. The molecule has 6 heteroatoms. The van der Waals surface area contributed by atoms with Crippen molar-refractivity contribution in [2.45, 2.75) is 13.1 Å². The molecule has 82 valence electrons. The van der Waals surface area contributed by atoms with Crippen LogP contribution in [0.2, 0.25) is 0 Å². The lowest BCUT2D eigenvalue weighted by Gasteiger charge is -2.10. The minimum absolute atomic E-state index is 0.366. The second-order valence-electron chi connectivity index (χ2n) is 2.84. The standard InChI is InChI=1S/C9H5BrF4O/c1-4(15)5-2-3-6(9(12,13)14)7(10)8(5)11/h2-3H,1H3. The van der Waals surface area contributed by atoms with Crippen molar-refractivity contribution in [2.75, 3.05) is 0 Å². The van der Waals surface area contributed by atoms with E-state index in [1.165, 1.54) is 0 Å². The van der Waals surface area contributed by atoms with Crippen molar-refractivity contribution < 1.29 is 22.4 Å². The Morgan fingerprint density at radius 3 is 2.27 bits per heavy atom. The van der Waals surface area contributed by atoms with E-state index in [-0.39, 0.29) is 5.56 Å². The van der Waals surface area contributed by atoms with E-state index in [1.54, 1.807) is 0 Å². The molecular weight excluding hydrogens is 280 g/mol. The van der Waals surface area contributed by atoms with Crippen LogP contribution in [-0.2, 0) is 6.18 Å². The summed E-state index contributed by atoms with van der Waals surface area (Å²) in [6.07, 6.45) is -4.64. The molecule has 1 aromatic rings. The minimum atomic E-state index is -4.64. The van der Waals surface area contributed by atoms with Crippen molar-refractivity contribution in [3.05, 3.63) is 33.5 Å². The Hall–Kier alpha value is -0.910. The van der Waals surface area contributed by atoms with Gasteiger partial charge in [-0.1, -0.05) is 0 Å². The molecule has 0 N–H and O–H groups in total. The predicted octanol–water partition coefficient (Wildman–Crippen LogP) is 3.81. The van der Waals surface area contributed by atoms with E-state index in [0.29, 0.717) is 6.07 Å². The lowest BCUT2D eigenvalue weighted by molar-refractivity contribution is -0.138. The average Bonchev–Trinajstić information content (AvgIpc) is 2.06. The highest BCUT2D eigenvalue weighted by atomic mass is 79.9. The number of halogens is 5. The van der Waals surface area contributed by atoms with Gasteiger partial charge in [-0.2, -0.15) is 13.2 Å². The molecule has 0 saturated heterocycles. The summed E-state index contributed by atoms with van der Waals surface area (Å²) < 4.78 is 49.4. The number of rotatable bonds is 1. The predicted molar refractivity (Wildman–Crippen MR) is 49.1 cm³/mol. The molecule has 1 rings (SSSR count).